The molecule has 2 aromatic carbocycles. The molecule has 17 nitrogen and oxygen atoms in total. The predicted octanol–water partition coefficient (Wildman–Crippen LogP) is 4.60. The average molecular weight is 803 g/mol. The van der Waals surface area contributed by atoms with E-state index in [9.17, 15) is 19.2 Å². The second kappa shape index (κ2) is 23.2. The maximum absolute atomic E-state index is 9.55. The quantitative estimate of drug-likeness (QED) is 0.120. The first kappa shape index (κ1) is 45.4. The van der Waals surface area contributed by atoms with Crippen LogP contribution in [-0.4, -0.2) is 126 Å². The van der Waals surface area contributed by atoms with Crippen molar-refractivity contribution in [2.75, 3.05) is 61.7 Å². The molecule has 17 heteroatoms. The number of pyridine rings is 2. The zero-order valence-corrected chi connectivity index (χ0v) is 32.7. The van der Waals surface area contributed by atoms with Crippen molar-refractivity contribution in [1.29, 1.82) is 0 Å². The van der Waals surface area contributed by atoms with E-state index in [1.165, 1.54) is 11.1 Å². The first-order valence-electron chi connectivity index (χ1n) is 17.5. The van der Waals surface area contributed by atoms with Crippen LogP contribution < -0.4 is 23.7 Å². The molecule has 0 saturated carbocycles. The number of aromatic nitrogens is 2. The standard InChI is InChI=1S/C33H38N4O5.2C4H4O4/c1-38-29-7-6-25(18-30(29)39-2)27-16-23(8-10-34-27)21-36-12-14-37(15-13-36)22-24-9-11-35-28(17-24)26-19-31(40-3)33(42-5)32(20-26)41-4;2*5-3(6)1-2-4(7)8/h6-11,16-20H,12-15,21-22H2,1-5H3;2*1-2H,(H,5,6)(H,7,8)/b;2*2-1+. The lowest BCUT2D eigenvalue weighted by atomic mass is 10.1. The third kappa shape index (κ3) is 14.6. The summed E-state index contributed by atoms with van der Waals surface area (Å²) in [6.07, 6.45) is 5.98. The number of hydrogen-bond donors (Lipinski definition) is 4. The molecule has 58 heavy (non-hydrogen) atoms. The van der Waals surface area contributed by atoms with Crippen molar-refractivity contribution in [2.24, 2.45) is 0 Å². The summed E-state index contributed by atoms with van der Waals surface area (Å²) in [5.74, 6) is -1.83. The zero-order valence-electron chi connectivity index (χ0n) is 32.7. The highest BCUT2D eigenvalue weighted by molar-refractivity contribution is 5.90. The third-order valence-corrected chi connectivity index (χ3v) is 8.30. The number of benzene rings is 2. The van der Waals surface area contributed by atoms with Crippen LogP contribution in [-0.2, 0) is 32.3 Å². The highest BCUT2D eigenvalue weighted by Crippen LogP contribution is 2.41. The number of carboxylic acid groups (broad SMARTS) is 4. The van der Waals surface area contributed by atoms with Crippen molar-refractivity contribution in [3.8, 4) is 51.3 Å². The SMILES string of the molecule is COc1ccc(-c2cc(CN3CCN(Cc4ccnc(-c5cc(OC)c(OC)c(OC)c5)c4)CC3)ccn2)cc1OC.O=C(O)/C=C/C(=O)O.O=C(O)/C=C/C(=O)O. The van der Waals surface area contributed by atoms with E-state index in [-0.39, 0.29) is 0 Å². The second-order valence-corrected chi connectivity index (χ2v) is 12.2. The average Bonchev–Trinajstić information content (AvgIpc) is 3.22. The first-order chi connectivity index (χ1) is 27.8. The van der Waals surface area contributed by atoms with Gasteiger partial charge in [0.1, 0.15) is 0 Å². The minimum Gasteiger partial charge on any atom is -0.493 e. The summed E-state index contributed by atoms with van der Waals surface area (Å²) < 4.78 is 27.4. The van der Waals surface area contributed by atoms with E-state index in [2.05, 4.69) is 44.0 Å². The maximum atomic E-state index is 9.55. The number of methoxy groups -OCH3 is 5. The van der Waals surface area contributed by atoms with Gasteiger partial charge in [0.25, 0.3) is 0 Å². The van der Waals surface area contributed by atoms with E-state index in [0.717, 1.165) is 61.8 Å². The summed E-state index contributed by atoms with van der Waals surface area (Å²) in [6.45, 7) is 5.74. The van der Waals surface area contributed by atoms with E-state index in [0.29, 0.717) is 53.1 Å². The number of rotatable bonds is 15. The zero-order chi connectivity index (χ0) is 42.6. The first-order valence-corrected chi connectivity index (χ1v) is 17.5. The third-order valence-electron chi connectivity index (χ3n) is 8.30. The van der Waals surface area contributed by atoms with Crippen molar-refractivity contribution >= 4 is 23.9 Å². The monoisotopic (exact) mass is 802 g/mol. The predicted molar refractivity (Wildman–Crippen MR) is 211 cm³/mol. The summed E-state index contributed by atoms with van der Waals surface area (Å²) in [7, 11) is 8.14. The number of carbonyl (C=O) groups is 4. The van der Waals surface area contributed by atoms with Crippen molar-refractivity contribution in [3.63, 3.8) is 0 Å². The van der Waals surface area contributed by atoms with Crippen LogP contribution >= 0.6 is 0 Å². The van der Waals surface area contributed by atoms with Gasteiger partial charge in [0, 0.05) is 87.1 Å². The number of hydrogen-bond acceptors (Lipinski definition) is 13. The van der Waals surface area contributed by atoms with Gasteiger partial charge in [-0.2, -0.15) is 0 Å². The lowest BCUT2D eigenvalue weighted by molar-refractivity contribution is -0.134. The summed E-state index contributed by atoms with van der Waals surface area (Å²) in [5, 5.41) is 31.2. The molecule has 0 aliphatic carbocycles. The van der Waals surface area contributed by atoms with Gasteiger partial charge in [-0.1, -0.05) is 0 Å². The Kier molecular flexibility index (Phi) is 18.1. The van der Waals surface area contributed by atoms with Gasteiger partial charge >= 0.3 is 23.9 Å². The van der Waals surface area contributed by atoms with Gasteiger partial charge in [0.2, 0.25) is 5.75 Å². The lowest BCUT2D eigenvalue weighted by Gasteiger charge is -2.34. The minimum absolute atomic E-state index is 0.558. The molecule has 308 valence electrons. The van der Waals surface area contributed by atoms with Crippen LogP contribution in [0, 0.1) is 0 Å². The molecule has 1 aliphatic rings. The van der Waals surface area contributed by atoms with E-state index in [1.54, 1.807) is 35.5 Å². The molecule has 4 aromatic rings. The van der Waals surface area contributed by atoms with Gasteiger partial charge in [-0.05, 0) is 65.7 Å². The molecule has 0 atom stereocenters. The van der Waals surface area contributed by atoms with Gasteiger partial charge < -0.3 is 44.1 Å². The summed E-state index contributed by atoms with van der Waals surface area (Å²) in [5.41, 5.74) is 6.17. The summed E-state index contributed by atoms with van der Waals surface area (Å²) in [6, 6.07) is 18.2. The van der Waals surface area contributed by atoms with E-state index in [1.807, 2.05) is 42.7 Å². The molecule has 1 saturated heterocycles. The van der Waals surface area contributed by atoms with E-state index in [4.69, 9.17) is 44.1 Å². The Morgan fingerprint density at radius 3 is 1.26 bits per heavy atom. The van der Waals surface area contributed by atoms with E-state index < -0.39 is 23.9 Å². The number of piperazine rings is 1. The van der Waals surface area contributed by atoms with Crippen molar-refractivity contribution in [2.45, 2.75) is 13.1 Å². The molecule has 1 aliphatic heterocycles. The Bertz CT molecular complexity index is 1990. The fraction of sp³-hybridized carbons (Fsp3) is 0.268. The molecular formula is C41H46N4O13. The maximum Gasteiger partial charge on any atom is 0.328 e. The van der Waals surface area contributed by atoms with Crippen molar-refractivity contribution < 1.29 is 63.3 Å². The summed E-state index contributed by atoms with van der Waals surface area (Å²) in [4.78, 5) is 52.4. The Balaban J connectivity index is 0.000000473. The molecule has 0 radical (unpaired) electrons. The molecule has 0 spiro atoms. The smallest absolute Gasteiger partial charge is 0.328 e. The van der Waals surface area contributed by atoms with Crippen LogP contribution in [0.15, 0.2) is 91.3 Å². The highest BCUT2D eigenvalue weighted by Gasteiger charge is 2.19. The Hall–Kier alpha value is -6.98. The molecule has 1 fully saturated rings. The fourth-order valence-electron chi connectivity index (χ4n) is 5.59. The second-order valence-electron chi connectivity index (χ2n) is 12.2. The Labute approximate surface area is 335 Å². The van der Waals surface area contributed by atoms with E-state index >= 15 is 0 Å². The number of carboxylic acids is 4. The molecule has 2 aromatic heterocycles. The van der Waals surface area contributed by atoms with Crippen LogP contribution in [0.25, 0.3) is 22.5 Å². The molecule has 0 unspecified atom stereocenters. The molecule has 5 rings (SSSR count). The highest BCUT2D eigenvalue weighted by atomic mass is 16.5. The molecule has 4 N–H and O–H groups in total. The molecular weight excluding hydrogens is 756 g/mol. The van der Waals surface area contributed by atoms with Crippen molar-refractivity contribution in [1.82, 2.24) is 19.8 Å². The molecule has 0 amide bonds. The van der Waals surface area contributed by atoms with Gasteiger partial charge in [-0.15, -0.1) is 0 Å². The van der Waals surface area contributed by atoms with Crippen LogP contribution in [0.3, 0.4) is 0 Å². The van der Waals surface area contributed by atoms with Crippen LogP contribution in [0.5, 0.6) is 28.7 Å². The fourth-order valence-corrected chi connectivity index (χ4v) is 5.59. The number of nitrogens with zero attached hydrogens (tertiary/aromatic N) is 4. The summed E-state index contributed by atoms with van der Waals surface area (Å²) >= 11 is 0. The number of ether oxygens (including phenoxy) is 5. The lowest BCUT2D eigenvalue weighted by Crippen LogP contribution is -2.45. The Morgan fingerprint density at radius 1 is 0.517 bits per heavy atom. The van der Waals surface area contributed by atoms with Crippen LogP contribution in [0.4, 0.5) is 0 Å². The molecule has 0 bridgehead atoms. The van der Waals surface area contributed by atoms with Gasteiger partial charge in [0.15, 0.2) is 23.0 Å². The van der Waals surface area contributed by atoms with Gasteiger partial charge in [-0.3, -0.25) is 19.8 Å². The van der Waals surface area contributed by atoms with Gasteiger partial charge in [0.05, 0.1) is 46.9 Å². The largest absolute Gasteiger partial charge is 0.493 e. The molecule has 3 heterocycles. The minimum atomic E-state index is -1.26. The number of aliphatic carboxylic acids is 4. The van der Waals surface area contributed by atoms with Crippen LogP contribution in [0.1, 0.15) is 11.1 Å². The topological polar surface area (TPSA) is 228 Å². The van der Waals surface area contributed by atoms with Crippen molar-refractivity contribution in [3.05, 3.63) is 102 Å². The van der Waals surface area contributed by atoms with Crippen LogP contribution in [0.2, 0.25) is 0 Å². The normalized spacial score (nSPS) is 12.7. The van der Waals surface area contributed by atoms with Gasteiger partial charge in [-0.25, -0.2) is 19.2 Å². The Morgan fingerprint density at radius 2 is 0.897 bits per heavy atom.